The van der Waals surface area contributed by atoms with Crippen molar-refractivity contribution in [3.8, 4) is 17.0 Å². The Labute approximate surface area is 175 Å². The molecule has 2 aromatic carbocycles. The number of methoxy groups -OCH3 is 1. The van der Waals surface area contributed by atoms with Crippen LogP contribution in [-0.4, -0.2) is 28.7 Å². The fraction of sp³-hybridized carbons (Fsp3) is 0.190. The summed E-state index contributed by atoms with van der Waals surface area (Å²) >= 11 is 0.839. The van der Waals surface area contributed by atoms with E-state index in [1.807, 2.05) is 6.92 Å². The van der Waals surface area contributed by atoms with Crippen LogP contribution in [0.25, 0.3) is 11.3 Å². The van der Waals surface area contributed by atoms with E-state index in [0.717, 1.165) is 23.4 Å². The van der Waals surface area contributed by atoms with Crippen molar-refractivity contribution in [3.05, 3.63) is 65.9 Å². The largest absolute Gasteiger partial charge is 0.497 e. The summed E-state index contributed by atoms with van der Waals surface area (Å²) in [6.45, 7) is 1.88. The smallest absolute Gasteiger partial charge is 0.433 e. The van der Waals surface area contributed by atoms with E-state index in [1.165, 1.54) is 7.11 Å². The van der Waals surface area contributed by atoms with Gasteiger partial charge in [-0.15, -0.1) is 0 Å². The van der Waals surface area contributed by atoms with Crippen molar-refractivity contribution in [2.45, 2.75) is 18.3 Å². The number of hydrogen-bond donors (Lipinski definition) is 1. The highest BCUT2D eigenvalue weighted by molar-refractivity contribution is 7.99. The molecule has 0 spiro atoms. The highest BCUT2D eigenvalue weighted by Gasteiger charge is 2.34. The number of aromatic nitrogens is 2. The molecule has 0 radical (unpaired) electrons. The van der Waals surface area contributed by atoms with Crippen LogP contribution in [0.3, 0.4) is 0 Å². The van der Waals surface area contributed by atoms with Crippen LogP contribution in [0, 0.1) is 6.92 Å². The number of thioether (sulfide) groups is 1. The lowest BCUT2D eigenvalue weighted by atomic mass is 10.1. The monoisotopic (exact) mass is 433 g/mol. The first-order valence-electron chi connectivity index (χ1n) is 8.84. The number of carbonyl (C=O) groups excluding carboxylic acids is 1. The van der Waals surface area contributed by atoms with Crippen LogP contribution >= 0.6 is 11.8 Å². The number of nitrogens with zero attached hydrogens (tertiary/aromatic N) is 2. The molecule has 30 heavy (non-hydrogen) atoms. The number of hydrogen-bond acceptors (Lipinski definition) is 5. The van der Waals surface area contributed by atoms with Crippen molar-refractivity contribution >= 4 is 23.4 Å². The Morgan fingerprint density at radius 2 is 1.73 bits per heavy atom. The lowest BCUT2D eigenvalue weighted by Gasteiger charge is -2.11. The third-order valence-corrected chi connectivity index (χ3v) is 4.90. The standard InChI is InChI=1S/C21H18F3N3O2S/c1-13-3-5-14(6-4-13)17-11-18(21(22,23)24)27-20(26-17)30-12-19(28)25-15-7-9-16(29-2)10-8-15/h3-11H,12H2,1-2H3,(H,25,28). The molecular weight excluding hydrogens is 415 g/mol. The number of aryl methyl sites for hydroxylation is 1. The van der Waals surface area contributed by atoms with Crippen LogP contribution in [0.15, 0.2) is 59.8 Å². The second kappa shape index (κ2) is 9.17. The number of ether oxygens (including phenoxy) is 1. The van der Waals surface area contributed by atoms with Crippen molar-refractivity contribution in [3.63, 3.8) is 0 Å². The summed E-state index contributed by atoms with van der Waals surface area (Å²) in [5.41, 5.74) is 1.17. The molecule has 1 amide bonds. The molecule has 0 bridgehead atoms. The van der Waals surface area contributed by atoms with Gasteiger partial charge in [0.25, 0.3) is 0 Å². The van der Waals surface area contributed by atoms with Crippen LogP contribution in [0.4, 0.5) is 18.9 Å². The van der Waals surface area contributed by atoms with Crippen molar-refractivity contribution in [2.75, 3.05) is 18.2 Å². The van der Waals surface area contributed by atoms with E-state index in [-0.39, 0.29) is 22.5 Å². The summed E-state index contributed by atoms with van der Waals surface area (Å²) in [4.78, 5) is 20.0. The van der Waals surface area contributed by atoms with E-state index >= 15 is 0 Å². The number of amides is 1. The zero-order valence-electron chi connectivity index (χ0n) is 16.2. The lowest BCUT2D eigenvalue weighted by Crippen LogP contribution is -2.15. The van der Waals surface area contributed by atoms with E-state index in [1.54, 1.807) is 48.5 Å². The third-order valence-electron chi connectivity index (χ3n) is 4.05. The molecule has 9 heteroatoms. The summed E-state index contributed by atoms with van der Waals surface area (Å²) in [5.74, 6) is 0.118. The van der Waals surface area contributed by atoms with Gasteiger partial charge in [0.05, 0.1) is 18.6 Å². The molecule has 0 atom stereocenters. The number of alkyl halides is 3. The van der Waals surface area contributed by atoms with Gasteiger partial charge < -0.3 is 10.1 Å². The lowest BCUT2D eigenvalue weighted by molar-refractivity contribution is -0.141. The Kier molecular flexibility index (Phi) is 6.61. The summed E-state index contributed by atoms with van der Waals surface area (Å²) in [6.07, 6.45) is -4.62. The number of nitrogens with one attached hydrogen (secondary N) is 1. The average molecular weight is 433 g/mol. The van der Waals surface area contributed by atoms with E-state index < -0.39 is 11.9 Å². The van der Waals surface area contributed by atoms with Crippen molar-refractivity contribution in [1.29, 1.82) is 0 Å². The maximum absolute atomic E-state index is 13.3. The molecule has 1 heterocycles. The van der Waals surface area contributed by atoms with Gasteiger partial charge in [0.2, 0.25) is 5.91 Å². The zero-order chi connectivity index (χ0) is 21.7. The summed E-state index contributed by atoms with van der Waals surface area (Å²) in [7, 11) is 1.53. The molecule has 0 saturated carbocycles. The number of rotatable bonds is 6. The minimum atomic E-state index is -4.62. The highest BCUT2D eigenvalue weighted by atomic mass is 32.2. The molecule has 1 N–H and O–H groups in total. The maximum Gasteiger partial charge on any atom is 0.433 e. The maximum atomic E-state index is 13.3. The minimum Gasteiger partial charge on any atom is -0.497 e. The Morgan fingerprint density at radius 3 is 2.33 bits per heavy atom. The average Bonchev–Trinajstić information content (AvgIpc) is 2.72. The fourth-order valence-electron chi connectivity index (χ4n) is 2.51. The van der Waals surface area contributed by atoms with Gasteiger partial charge in [0, 0.05) is 11.3 Å². The molecule has 5 nitrogen and oxygen atoms in total. The van der Waals surface area contributed by atoms with Gasteiger partial charge in [0.15, 0.2) is 5.16 Å². The Balaban J connectivity index is 1.76. The van der Waals surface area contributed by atoms with Crippen molar-refractivity contribution in [2.24, 2.45) is 0 Å². The van der Waals surface area contributed by atoms with Gasteiger partial charge in [-0.3, -0.25) is 4.79 Å². The summed E-state index contributed by atoms with van der Waals surface area (Å²) in [5, 5.41) is 2.55. The third kappa shape index (κ3) is 5.73. The van der Waals surface area contributed by atoms with Gasteiger partial charge in [-0.1, -0.05) is 41.6 Å². The first kappa shape index (κ1) is 21.6. The van der Waals surface area contributed by atoms with E-state index in [4.69, 9.17) is 4.74 Å². The fourth-order valence-corrected chi connectivity index (χ4v) is 3.17. The SMILES string of the molecule is COc1ccc(NC(=O)CSc2nc(-c3ccc(C)cc3)cc(C(F)(F)F)n2)cc1. The van der Waals surface area contributed by atoms with Crippen molar-refractivity contribution in [1.82, 2.24) is 9.97 Å². The highest BCUT2D eigenvalue weighted by Crippen LogP contribution is 2.32. The van der Waals surface area contributed by atoms with E-state index in [2.05, 4.69) is 15.3 Å². The molecule has 0 unspecified atom stereocenters. The van der Waals surface area contributed by atoms with E-state index in [0.29, 0.717) is 17.0 Å². The molecule has 0 saturated heterocycles. The number of anilines is 1. The van der Waals surface area contributed by atoms with Crippen LogP contribution < -0.4 is 10.1 Å². The first-order valence-corrected chi connectivity index (χ1v) is 9.83. The normalized spacial score (nSPS) is 11.2. The molecule has 1 aromatic heterocycles. The number of benzene rings is 2. The number of halogens is 3. The molecule has 3 rings (SSSR count). The van der Waals surface area contributed by atoms with Gasteiger partial charge in [-0.25, -0.2) is 9.97 Å². The first-order chi connectivity index (χ1) is 14.2. The van der Waals surface area contributed by atoms with Gasteiger partial charge in [-0.05, 0) is 37.3 Å². The molecular formula is C21H18F3N3O2S. The van der Waals surface area contributed by atoms with Gasteiger partial charge in [-0.2, -0.15) is 13.2 Å². The molecule has 0 aliphatic carbocycles. The zero-order valence-corrected chi connectivity index (χ0v) is 17.0. The van der Waals surface area contributed by atoms with Crippen LogP contribution in [0.2, 0.25) is 0 Å². The predicted octanol–water partition coefficient (Wildman–Crippen LogP) is 5.21. The van der Waals surface area contributed by atoms with Crippen LogP contribution in [0.5, 0.6) is 5.75 Å². The quantitative estimate of drug-likeness (QED) is 0.427. The topological polar surface area (TPSA) is 64.1 Å². The minimum absolute atomic E-state index is 0.120. The van der Waals surface area contributed by atoms with Crippen molar-refractivity contribution < 1.29 is 22.7 Å². The molecule has 3 aromatic rings. The second-order valence-electron chi connectivity index (χ2n) is 6.35. The van der Waals surface area contributed by atoms with E-state index in [9.17, 15) is 18.0 Å². The summed E-state index contributed by atoms with van der Waals surface area (Å²) in [6, 6.07) is 14.6. The van der Waals surface area contributed by atoms with Crippen LogP contribution in [-0.2, 0) is 11.0 Å². The van der Waals surface area contributed by atoms with Gasteiger partial charge in [0.1, 0.15) is 11.4 Å². The molecule has 0 aliphatic heterocycles. The Hall–Kier alpha value is -3.07. The molecule has 0 fully saturated rings. The predicted molar refractivity (Wildman–Crippen MR) is 110 cm³/mol. The molecule has 0 aliphatic rings. The van der Waals surface area contributed by atoms with Crippen LogP contribution in [0.1, 0.15) is 11.3 Å². The summed E-state index contributed by atoms with van der Waals surface area (Å²) < 4.78 is 44.9. The number of carbonyl (C=O) groups is 1. The Bertz CT molecular complexity index is 1020. The van der Waals surface area contributed by atoms with Gasteiger partial charge >= 0.3 is 6.18 Å². The second-order valence-corrected chi connectivity index (χ2v) is 7.29. The molecule has 156 valence electrons. The Morgan fingerprint density at radius 1 is 1.07 bits per heavy atom.